The van der Waals surface area contributed by atoms with Crippen LogP contribution in [0.5, 0.6) is 0 Å². The third-order valence-corrected chi connectivity index (χ3v) is 16.9. The zero-order valence-corrected chi connectivity index (χ0v) is 44.6. The summed E-state index contributed by atoms with van der Waals surface area (Å²) in [4.78, 5) is 6.33. The Morgan fingerprint density at radius 2 is 1.01 bits per heavy atom. The van der Waals surface area contributed by atoms with Crippen molar-refractivity contribution in [3.05, 3.63) is 180 Å². The Morgan fingerprint density at radius 3 is 1.67 bits per heavy atom. The highest BCUT2D eigenvalue weighted by Gasteiger charge is 2.45. The van der Waals surface area contributed by atoms with Crippen molar-refractivity contribution in [3.8, 4) is 5.69 Å². The lowest BCUT2D eigenvalue weighted by Gasteiger charge is -2.42. The van der Waals surface area contributed by atoms with E-state index in [1.807, 2.05) is 11.3 Å². The van der Waals surface area contributed by atoms with E-state index in [-0.39, 0.29) is 28.4 Å². The molecule has 0 radical (unpaired) electrons. The van der Waals surface area contributed by atoms with Gasteiger partial charge in [0, 0.05) is 65.8 Å². The minimum Gasteiger partial charge on any atom is -0.454 e. The van der Waals surface area contributed by atoms with Gasteiger partial charge in [-0.25, -0.2) is 0 Å². The molecule has 0 atom stereocenters. The van der Waals surface area contributed by atoms with Crippen LogP contribution in [0.1, 0.15) is 105 Å². The van der Waals surface area contributed by atoms with E-state index in [0.717, 1.165) is 50.4 Å². The molecule has 0 fully saturated rings. The van der Waals surface area contributed by atoms with E-state index in [2.05, 4.69) is 255 Å². The van der Waals surface area contributed by atoms with Gasteiger partial charge in [0.15, 0.2) is 5.58 Å². The van der Waals surface area contributed by atoms with Gasteiger partial charge < -0.3 is 18.8 Å². The molecule has 13 rings (SSSR count). The van der Waals surface area contributed by atoms with Crippen LogP contribution in [-0.4, -0.2) is 11.3 Å². The molecule has 3 aromatic heterocycles. The molecule has 0 saturated carbocycles. The summed E-state index contributed by atoms with van der Waals surface area (Å²) in [5.74, 6) is 0. The minimum atomic E-state index is -0.155. The zero-order valence-electron chi connectivity index (χ0n) is 43.7. The second kappa shape index (κ2) is 15.3. The van der Waals surface area contributed by atoms with E-state index in [9.17, 15) is 0 Å². The fourth-order valence-corrected chi connectivity index (χ4v) is 13.0. The van der Waals surface area contributed by atoms with Gasteiger partial charge in [-0.15, -0.1) is 11.3 Å². The lowest BCUT2D eigenvalue weighted by Crippen LogP contribution is -2.60. The van der Waals surface area contributed by atoms with Crippen LogP contribution in [0, 0.1) is 0 Å². The van der Waals surface area contributed by atoms with E-state index in [1.54, 1.807) is 0 Å². The van der Waals surface area contributed by atoms with Crippen molar-refractivity contribution in [2.45, 2.75) is 105 Å². The molecule has 0 unspecified atom stereocenters. The van der Waals surface area contributed by atoms with E-state index in [1.165, 1.54) is 81.2 Å². The molecule has 0 bridgehead atoms. The van der Waals surface area contributed by atoms with Gasteiger partial charge in [-0.2, -0.15) is 0 Å². The molecule has 0 spiro atoms. The van der Waals surface area contributed by atoms with Crippen LogP contribution in [0.15, 0.2) is 162 Å². The van der Waals surface area contributed by atoms with E-state index < -0.39 is 0 Å². The van der Waals surface area contributed by atoms with Gasteiger partial charge in [0.2, 0.25) is 0 Å². The van der Waals surface area contributed by atoms with Gasteiger partial charge in [-0.1, -0.05) is 168 Å². The number of furan rings is 1. The van der Waals surface area contributed by atoms with Crippen LogP contribution in [0.25, 0.3) is 58.8 Å². The number of aromatic nitrogens is 1. The van der Waals surface area contributed by atoms with Gasteiger partial charge in [0.05, 0.1) is 11.2 Å². The summed E-state index contributed by atoms with van der Waals surface area (Å²) in [7, 11) is 0. The monoisotopic (exact) mass is 955 g/mol. The maximum absolute atomic E-state index is 7.03. The summed E-state index contributed by atoms with van der Waals surface area (Å²) < 4.78 is 11.0. The molecule has 0 N–H and O–H groups in total. The van der Waals surface area contributed by atoms with E-state index >= 15 is 0 Å². The molecular formula is C66H62BN3OS. The van der Waals surface area contributed by atoms with Crippen molar-refractivity contribution in [1.82, 2.24) is 4.57 Å². The van der Waals surface area contributed by atoms with Crippen molar-refractivity contribution in [3.63, 3.8) is 0 Å². The van der Waals surface area contributed by atoms with E-state index in [4.69, 9.17) is 4.42 Å². The van der Waals surface area contributed by atoms with Gasteiger partial charge in [-0.05, 0) is 133 Å². The van der Waals surface area contributed by atoms with E-state index in [0.29, 0.717) is 0 Å². The molecule has 356 valence electrons. The summed E-state index contributed by atoms with van der Waals surface area (Å²) in [6.07, 6.45) is 0. The fourth-order valence-electron chi connectivity index (χ4n) is 11.8. The zero-order chi connectivity index (χ0) is 50.0. The quantitative estimate of drug-likeness (QED) is 0.164. The van der Waals surface area contributed by atoms with Gasteiger partial charge in [0.1, 0.15) is 10.4 Å². The average molecular weight is 956 g/mol. The number of para-hydroxylation sites is 2. The predicted molar refractivity (Wildman–Crippen MR) is 312 cm³/mol. The summed E-state index contributed by atoms with van der Waals surface area (Å²) in [5, 5.41) is 6.26. The molecule has 11 aromatic rings. The highest BCUT2D eigenvalue weighted by Crippen LogP contribution is 2.50. The summed E-state index contributed by atoms with van der Waals surface area (Å²) in [6.45, 7) is 27.9. The van der Waals surface area contributed by atoms with Crippen molar-refractivity contribution in [2.24, 2.45) is 0 Å². The topological polar surface area (TPSA) is 24.6 Å². The smallest absolute Gasteiger partial charge is 0.252 e. The molecule has 0 aliphatic carbocycles. The van der Waals surface area contributed by atoms with Crippen LogP contribution >= 0.6 is 11.3 Å². The lowest BCUT2D eigenvalue weighted by molar-refractivity contribution is 0.590. The maximum atomic E-state index is 7.03. The largest absolute Gasteiger partial charge is 0.454 e. The molecule has 4 nitrogen and oxygen atoms in total. The second-order valence-electron chi connectivity index (χ2n) is 24.7. The number of hydrogen-bond donors (Lipinski definition) is 0. The normalized spacial score (nSPS) is 13.8. The fraction of sp³-hybridized carbons (Fsp3) is 0.242. The maximum Gasteiger partial charge on any atom is 0.252 e. The summed E-state index contributed by atoms with van der Waals surface area (Å²) >= 11 is 1.93. The summed E-state index contributed by atoms with van der Waals surface area (Å²) in [6, 6.07) is 60.1. The predicted octanol–water partition coefficient (Wildman–Crippen LogP) is 17.2. The highest BCUT2D eigenvalue weighted by molar-refractivity contribution is 7.26. The van der Waals surface area contributed by atoms with Gasteiger partial charge >= 0.3 is 0 Å². The minimum absolute atomic E-state index is 0.0254. The van der Waals surface area contributed by atoms with Crippen LogP contribution in [0.2, 0.25) is 0 Å². The third kappa shape index (κ3) is 6.70. The first-order valence-corrected chi connectivity index (χ1v) is 26.6. The molecule has 6 heteroatoms. The SMILES string of the molecule is CC(C)(C)c1ccc(N(c2ccc(C(C)(C)C)cc2)c2ccc3c(c2)N(c2cccc4c2oc2ccccc24)c2cc(C(C)(C)C)cc4c2B3c2cc(C(C)(C)C)cc3c5c6ccccc6sc5n-4c23)cc1. The third-order valence-electron chi connectivity index (χ3n) is 15.8. The molecule has 72 heavy (non-hydrogen) atoms. The number of nitrogens with zero attached hydrogens (tertiary/aromatic N) is 3. The Labute approximate surface area is 428 Å². The van der Waals surface area contributed by atoms with Crippen molar-refractivity contribution in [1.29, 1.82) is 0 Å². The van der Waals surface area contributed by atoms with Crippen LogP contribution in [0.3, 0.4) is 0 Å². The number of hydrogen-bond acceptors (Lipinski definition) is 4. The van der Waals surface area contributed by atoms with Gasteiger partial charge in [0.25, 0.3) is 6.71 Å². The molecule has 8 aromatic carbocycles. The first-order chi connectivity index (χ1) is 34.2. The van der Waals surface area contributed by atoms with Crippen molar-refractivity contribution in [2.75, 3.05) is 9.80 Å². The number of fused-ring (bicyclic) bond motifs is 12. The molecule has 2 aliphatic heterocycles. The second-order valence-corrected chi connectivity index (χ2v) is 25.7. The average Bonchev–Trinajstić information content (AvgIpc) is 4.02. The first kappa shape index (κ1) is 44.9. The standard InChI is InChI=1S/C66H62BN3OS/c1-63(2,3)39-24-28-43(29-25-39)68(44-30-26-40(27-31-44)64(4,5)6)45-32-33-50-53(38-45)69(52-21-17-20-47-46-18-13-15-22-56(46)71-61(47)52)54-36-42(66(10,11)12)37-55-59(54)67(50)51-35-41(65(7,8)9)34-49-58-48-19-14-16-23-57(48)72-62(58)70(55)60(49)51/h13-38H,1-12H3. The summed E-state index contributed by atoms with van der Waals surface area (Å²) in [5.41, 5.74) is 20.1. The number of thiophene rings is 1. The Hall–Kier alpha value is -7.02. The van der Waals surface area contributed by atoms with Crippen molar-refractivity contribution >= 4 is 122 Å². The lowest BCUT2D eigenvalue weighted by atomic mass is 9.33. The van der Waals surface area contributed by atoms with Crippen LogP contribution < -0.4 is 26.2 Å². The Morgan fingerprint density at radius 1 is 0.444 bits per heavy atom. The molecular weight excluding hydrogens is 894 g/mol. The Bertz CT molecular complexity index is 3970. The van der Waals surface area contributed by atoms with Crippen molar-refractivity contribution < 1.29 is 4.42 Å². The Kier molecular flexibility index (Phi) is 9.51. The number of benzene rings is 8. The number of anilines is 6. The molecule has 5 heterocycles. The van der Waals surface area contributed by atoms with Crippen LogP contribution in [-0.2, 0) is 21.7 Å². The van der Waals surface area contributed by atoms with Gasteiger partial charge in [-0.3, -0.25) is 0 Å². The number of rotatable bonds is 4. The highest BCUT2D eigenvalue weighted by atomic mass is 32.1. The molecule has 2 aliphatic rings. The van der Waals surface area contributed by atoms with Crippen LogP contribution in [0.4, 0.5) is 34.1 Å². The first-order valence-electron chi connectivity index (χ1n) is 25.8. The Balaban J connectivity index is 1.16. The molecule has 0 saturated heterocycles. The molecule has 0 amide bonds.